The molecular weight excluding hydrogens is 305 g/mol. The number of hydrogen-bond acceptors (Lipinski definition) is 2. The summed E-state index contributed by atoms with van der Waals surface area (Å²) in [6, 6.07) is 9.09. The lowest BCUT2D eigenvalue weighted by molar-refractivity contribution is 0.102. The Morgan fingerprint density at radius 1 is 1.41 bits per heavy atom. The van der Waals surface area contributed by atoms with Crippen LogP contribution < -0.4 is 5.32 Å². The minimum absolute atomic E-state index is 0.0964. The molecule has 0 saturated carbocycles. The number of hydrogen-bond donors (Lipinski definition) is 1. The van der Waals surface area contributed by atoms with Crippen molar-refractivity contribution in [3.63, 3.8) is 0 Å². The van der Waals surface area contributed by atoms with E-state index in [1.807, 2.05) is 24.3 Å². The summed E-state index contributed by atoms with van der Waals surface area (Å²) in [5.41, 5.74) is 2.14. The van der Waals surface area contributed by atoms with Gasteiger partial charge in [-0.1, -0.05) is 28.1 Å². The summed E-state index contributed by atoms with van der Waals surface area (Å²) in [6.07, 6.45) is 1.38. The Hall–Kier alpha value is -1.26. The minimum Gasteiger partial charge on any atom is -0.452 e. The molecule has 0 aliphatic carbocycles. The zero-order valence-corrected chi connectivity index (χ0v) is 11.1. The molecule has 3 nitrogen and oxygen atoms in total. The Kier molecular flexibility index (Phi) is 3.86. The Morgan fingerprint density at radius 2 is 2.24 bits per heavy atom. The van der Waals surface area contributed by atoms with Gasteiger partial charge in [-0.15, -0.1) is 0 Å². The molecule has 2 rings (SSSR count). The van der Waals surface area contributed by atoms with Crippen LogP contribution in [0, 0.1) is 0 Å². The zero-order valence-electron chi connectivity index (χ0n) is 8.74. The largest absolute Gasteiger partial charge is 0.452 e. The number of anilines is 1. The first kappa shape index (κ1) is 12.2. The fourth-order valence-corrected chi connectivity index (χ4v) is 1.94. The van der Waals surface area contributed by atoms with Crippen LogP contribution in [0.15, 0.2) is 41.0 Å². The van der Waals surface area contributed by atoms with Gasteiger partial charge in [-0.2, -0.15) is 0 Å². The van der Waals surface area contributed by atoms with Crippen molar-refractivity contribution in [2.75, 3.05) is 5.32 Å². The number of furan rings is 1. The van der Waals surface area contributed by atoms with E-state index < -0.39 is 0 Å². The second-order valence-corrected chi connectivity index (χ2v) is 4.30. The summed E-state index contributed by atoms with van der Waals surface area (Å²) in [7, 11) is 0. The van der Waals surface area contributed by atoms with Gasteiger partial charge in [0.1, 0.15) is 0 Å². The van der Waals surface area contributed by atoms with Crippen LogP contribution in [0.1, 0.15) is 15.9 Å². The third-order valence-electron chi connectivity index (χ3n) is 2.20. The SMILES string of the molecule is O=C(Nc1cccc(CBr)c1)c1ccoc1Cl. The maximum Gasteiger partial charge on any atom is 0.260 e. The molecule has 1 amide bonds. The molecular formula is C12H9BrClNO2. The Labute approximate surface area is 112 Å². The molecule has 5 heteroatoms. The Bertz CT molecular complexity index is 539. The van der Waals surface area contributed by atoms with Crippen LogP contribution >= 0.6 is 27.5 Å². The molecule has 1 heterocycles. The van der Waals surface area contributed by atoms with Crippen LogP contribution in [0.5, 0.6) is 0 Å². The molecule has 0 radical (unpaired) electrons. The first-order valence-electron chi connectivity index (χ1n) is 4.90. The van der Waals surface area contributed by atoms with Crippen molar-refractivity contribution in [3.05, 3.63) is 52.9 Å². The fourth-order valence-electron chi connectivity index (χ4n) is 1.39. The van der Waals surface area contributed by atoms with E-state index in [0.717, 1.165) is 16.6 Å². The van der Waals surface area contributed by atoms with Crippen molar-refractivity contribution in [2.45, 2.75) is 5.33 Å². The van der Waals surface area contributed by atoms with Crippen molar-refractivity contribution < 1.29 is 9.21 Å². The van der Waals surface area contributed by atoms with Crippen molar-refractivity contribution >= 4 is 39.1 Å². The van der Waals surface area contributed by atoms with Crippen LogP contribution in [0.4, 0.5) is 5.69 Å². The summed E-state index contributed by atoms with van der Waals surface area (Å²) >= 11 is 9.08. The summed E-state index contributed by atoms with van der Waals surface area (Å²) in [5.74, 6) is -0.282. The molecule has 17 heavy (non-hydrogen) atoms. The molecule has 1 aromatic heterocycles. The lowest BCUT2D eigenvalue weighted by atomic mass is 10.2. The van der Waals surface area contributed by atoms with Gasteiger partial charge in [-0.05, 0) is 35.4 Å². The second-order valence-electron chi connectivity index (χ2n) is 3.40. The molecule has 0 fully saturated rings. The predicted molar refractivity (Wildman–Crippen MR) is 70.7 cm³/mol. The normalized spacial score (nSPS) is 10.2. The molecule has 0 spiro atoms. The fraction of sp³-hybridized carbons (Fsp3) is 0.0833. The summed E-state index contributed by atoms with van der Waals surface area (Å²) in [6.45, 7) is 0. The Balaban J connectivity index is 2.16. The number of halogens is 2. The van der Waals surface area contributed by atoms with Gasteiger partial charge in [-0.25, -0.2) is 0 Å². The van der Waals surface area contributed by atoms with Crippen LogP contribution in [0.3, 0.4) is 0 Å². The quantitative estimate of drug-likeness (QED) is 0.867. The highest BCUT2D eigenvalue weighted by atomic mass is 79.9. The topological polar surface area (TPSA) is 42.2 Å². The van der Waals surface area contributed by atoms with Gasteiger partial charge < -0.3 is 9.73 Å². The van der Waals surface area contributed by atoms with Gasteiger partial charge in [0, 0.05) is 11.0 Å². The number of carbonyl (C=O) groups excluding carboxylic acids is 1. The lowest BCUT2D eigenvalue weighted by Gasteiger charge is -2.05. The van der Waals surface area contributed by atoms with Gasteiger partial charge in [-0.3, -0.25) is 4.79 Å². The van der Waals surface area contributed by atoms with E-state index in [9.17, 15) is 4.79 Å². The highest BCUT2D eigenvalue weighted by Crippen LogP contribution is 2.19. The van der Waals surface area contributed by atoms with Crippen molar-refractivity contribution in [1.29, 1.82) is 0 Å². The standard InChI is InChI=1S/C12H9BrClNO2/c13-7-8-2-1-3-9(6-8)15-12(16)10-4-5-17-11(10)14/h1-6H,7H2,(H,15,16). The lowest BCUT2D eigenvalue weighted by Crippen LogP contribution is -2.11. The van der Waals surface area contributed by atoms with Crippen LogP contribution in [-0.2, 0) is 5.33 Å². The van der Waals surface area contributed by atoms with E-state index in [1.165, 1.54) is 12.3 Å². The highest BCUT2D eigenvalue weighted by Gasteiger charge is 2.12. The number of alkyl halides is 1. The molecule has 0 aliphatic rings. The molecule has 0 saturated heterocycles. The molecule has 88 valence electrons. The number of nitrogens with one attached hydrogen (secondary N) is 1. The summed E-state index contributed by atoms with van der Waals surface area (Å²) in [4.78, 5) is 11.8. The third kappa shape index (κ3) is 2.90. The second kappa shape index (κ2) is 5.38. The van der Waals surface area contributed by atoms with Crippen LogP contribution in [0.25, 0.3) is 0 Å². The molecule has 0 bridgehead atoms. The van der Waals surface area contributed by atoms with E-state index in [1.54, 1.807) is 0 Å². The minimum atomic E-state index is -0.282. The molecule has 2 aromatic rings. The van der Waals surface area contributed by atoms with Gasteiger partial charge >= 0.3 is 0 Å². The van der Waals surface area contributed by atoms with Crippen LogP contribution in [-0.4, -0.2) is 5.91 Å². The smallest absolute Gasteiger partial charge is 0.260 e. The maximum atomic E-state index is 11.8. The number of rotatable bonds is 3. The Morgan fingerprint density at radius 3 is 2.88 bits per heavy atom. The van der Waals surface area contributed by atoms with E-state index in [4.69, 9.17) is 16.0 Å². The summed E-state index contributed by atoms with van der Waals surface area (Å²) < 4.78 is 4.87. The van der Waals surface area contributed by atoms with Gasteiger partial charge in [0.05, 0.1) is 11.8 Å². The maximum absolute atomic E-state index is 11.8. The van der Waals surface area contributed by atoms with E-state index in [-0.39, 0.29) is 11.1 Å². The van der Waals surface area contributed by atoms with E-state index >= 15 is 0 Å². The monoisotopic (exact) mass is 313 g/mol. The van der Waals surface area contributed by atoms with E-state index in [0.29, 0.717) is 5.56 Å². The average molecular weight is 315 g/mol. The zero-order chi connectivity index (χ0) is 12.3. The molecule has 0 unspecified atom stereocenters. The molecule has 1 aromatic carbocycles. The predicted octanol–water partition coefficient (Wildman–Crippen LogP) is 4.08. The highest BCUT2D eigenvalue weighted by molar-refractivity contribution is 9.08. The first-order chi connectivity index (χ1) is 8.20. The van der Waals surface area contributed by atoms with Crippen molar-refractivity contribution in [1.82, 2.24) is 0 Å². The molecule has 1 N–H and O–H groups in total. The number of benzene rings is 1. The van der Waals surface area contributed by atoms with Crippen molar-refractivity contribution in [2.24, 2.45) is 0 Å². The number of amides is 1. The third-order valence-corrected chi connectivity index (χ3v) is 3.14. The molecule has 0 atom stereocenters. The van der Waals surface area contributed by atoms with Crippen LogP contribution in [0.2, 0.25) is 5.22 Å². The first-order valence-corrected chi connectivity index (χ1v) is 6.40. The van der Waals surface area contributed by atoms with Gasteiger partial charge in [0.15, 0.2) is 0 Å². The average Bonchev–Trinajstić information content (AvgIpc) is 2.76. The molecule has 0 aliphatic heterocycles. The van der Waals surface area contributed by atoms with E-state index in [2.05, 4.69) is 21.2 Å². The number of carbonyl (C=O) groups is 1. The van der Waals surface area contributed by atoms with Gasteiger partial charge in [0.25, 0.3) is 5.91 Å². The van der Waals surface area contributed by atoms with Gasteiger partial charge in [0.2, 0.25) is 5.22 Å². The summed E-state index contributed by atoms with van der Waals surface area (Å²) in [5, 5.41) is 3.59. The van der Waals surface area contributed by atoms with Crippen molar-refractivity contribution in [3.8, 4) is 0 Å².